The van der Waals surface area contributed by atoms with E-state index in [0.717, 1.165) is 8.92 Å². The molecule has 0 saturated carbocycles. The fourth-order valence-electron chi connectivity index (χ4n) is 1.34. The zero-order valence-electron chi connectivity index (χ0n) is 8.51. The van der Waals surface area contributed by atoms with Gasteiger partial charge in [0.1, 0.15) is 0 Å². The van der Waals surface area contributed by atoms with Crippen LogP contribution in [0.3, 0.4) is 0 Å². The van der Waals surface area contributed by atoms with E-state index in [4.69, 9.17) is 0 Å². The summed E-state index contributed by atoms with van der Waals surface area (Å²) >= 11 is -2.05. The second-order valence-electron chi connectivity index (χ2n) is 3.39. The third-order valence-corrected chi connectivity index (χ3v) is 5.13. The van der Waals surface area contributed by atoms with Gasteiger partial charge in [-0.3, -0.25) is 0 Å². The molecule has 2 aromatic rings. The number of rotatable bonds is 2. The van der Waals surface area contributed by atoms with Gasteiger partial charge < -0.3 is 0 Å². The van der Waals surface area contributed by atoms with Gasteiger partial charge in [0.25, 0.3) is 0 Å². The molecule has 0 radical (unpaired) electrons. The van der Waals surface area contributed by atoms with E-state index in [2.05, 4.69) is 0 Å². The molecule has 2 heteroatoms. The first-order chi connectivity index (χ1) is 7.27. The van der Waals surface area contributed by atoms with Crippen molar-refractivity contribution in [3.05, 3.63) is 60.2 Å². The second-order valence-corrected chi connectivity index (χ2v) is 6.50. The molecule has 0 heterocycles. The summed E-state index contributed by atoms with van der Waals surface area (Å²) in [6.45, 7) is 2.03. The monoisotopic (exact) mass is 264 g/mol. The molecular weight excluding hydrogens is 251 g/mol. The van der Waals surface area contributed by atoms with Crippen molar-refractivity contribution in [1.82, 2.24) is 0 Å². The van der Waals surface area contributed by atoms with Crippen LogP contribution in [-0.4, -0.2) is 13.8 Å². The molecule has 0 bridgehead atoms. The van der Waals surface area contributed by atoms with E-state index >= 15 is 0 Å². The molecule has 1 nitrogen and oxygen atoms in total. The Labute approximate surface area is 93.8 Å². The van der Waals surface area contributed by atoms with Crippen molar-refractivity contribution >= 4 is 22.8 Å². The van der Waals surface area contributed by atoms with E-state index in [1.54, 1.807) is 0 Å². The fourth-order valence-corrected chi connectivity index (χ4v) is 3.57. The van der Waals surface area contributed by atoms with Gasteiger partial charge in [0.05, 0.1) is 0 Å². The molecule has 0 N–H and O–H groups in total. The molecule has 15 heavy (non-hydrogen) atoms. The van der Waals surface area contributed by atoms with Crippen LogP contribution < -0.4 is 8.92 Å². The van der Waals surface area contributed by atoms with Crippen molar-refractivity contribution in [2.75, 3.05) is 0 Å². The van der Waals surface area contributed by atoms with E-state index < -0.39 is 13.8 Å². The quantitative estimate of drug-likeness (QED) is 0.751. The first-order valence-electron chi connectivity index (χ1n) is 4.81. The Bertz CT molecular complexity index is 460. The molecule has 0 amide bonds. The summed E-state index contributed by atoms with van der Waals surface area (Å²) in [5.74, 6) is 0. The Hall–Kier alpha value is -1.24. The number of hydrogen-bond donors (Lipinski definition) is 0. The van der Waals surface area contributed by atoms with Crippen molar-refractivity contribution in [1.29, 1.82) is 0 Å². The summed E-state index contributed by atoms with van der Waals surface area (Å²) in [5.41, 5.74) is 1.20. The maximum atomic E-state index is 12.2. The van der Waals surface area contributed by atoms with Crippen LogP contribution in [-0.2, 0) is 3.83 Å². The molecule has 0 fully saturated rings. The van der Waals surface area contributed by atoms with Gasteiger partial charge in [-0.2, -0.15) is 0 Å². The average Bonchev–Trinajstić information content (AvgIpc) is 2.30. The van der Waals surface area contributed by atoms with Gasteiger partial charge >= 0.3 is 93.7 Å². The third-order valence-electron chi connectivity index (χ3n) is 2.19. The molecule has 2 aromatic carbocycles. The van der Waals surface area contributed by atoms with Crippen molar-refractivity contribution in [3.63, 3.8) is 0 Å². The van der Waals surface area contributed by atoms with Gasteiger partial charge in [0, 0.05) is 0 Å². The molecule has 0 aliphatic heterocycles. The SMILES string of the molecule is Cc1ccc([Se](=O)c2ccccc2)cc1. The minimum absolute atomic E-state index is 0.946. The average molecular weight is 263 g/mol. The first-order valence-corrected chi connectivity index (χ1v) is 7.22. The Kier molecular flexibility index (Phi) is 3.10. The van der Waals surface area contributed by atoms with Gasteiger partial charge in [0.2, 0.25) is 0 Å². The van der Waals surface area contributed by atoms with Crippen LogP contribution in [0.25, 0.3) is 0 Å². The predicted molar refractivity (Wildman–Crippen MR) is 63.3 cm³/mol. The van der Waals surface area contributed by atoms with Crippen LogP contribution in [0.15, 0.2) is 54.6 Å². The summed E-state index contributed by atoms with van der Waals surface area (Å²) in [6.07, 6.45) is 0. The van der Waals surface area contributed by atoms with Crippen LogP contribution in [0, 0.1) is 6.92 Å². The Morgan fingerprint density at radius 2 is 1.33 bits per heavy atom. The van der Waals surface area contributed by atoms with Gasteiger partial charge in [-0.1, -0.05) is 0 Å². The summed E-state index contributed by atoms with van der Waals surface area (Å²) in [4.78, 5) is 0. The summed E-state index contributed by atoms with van der Waals surface area (Å²) < 4.78 is 14.1. The molecule has 0 saturated heterocycles. The Balaban J connectivity index is 2.33. The zero-order valence-corrected chi connectivity index (χ0v) is 10.2. The topological polar surface area (TPSA) is 17.1 Å². The van der Waals surface area contributed by atoms with E-state index in [9.17, 15) is 3.83 Å². The van der Waals surface area contributed by atoms with Crippen LogP contribution in [0.5, 0.6) is 0 Å². The fraction of sp³-hybridized carbons (Fsp3) is 0.0769. The van der Waals surface area contributed by atoms with Crippen molar-refractivity contribution in [2.45, 2.75) is 6.92 Å². The van der Waals surface area contributed by atoms with Gasteiger partial charge in [-0.05, 0) is 0 Å². The number of benzene rings is 2. The van der Waals surface area contributed by atoms with Crippen molar-refractivity contribution in [3.8, 4) is 0 Å². The molecule has 1 atom stereocenters. The molecule has 0 spiro atoms. The third kappa shape index (κ3) is 2.41. The van der Waals surface area contributed by atoms with Crippen LogP contribution in [0.1, 0.15) is 5.56 Å². The van der Waals surface area contributed by atoms with Gasteiger partial charge in [0.15, 0.2) is 0 Å². The first kappa shape index (κ1) is 10.3. The van der Waals surface area contributed by atoms with Gasteiger partial charge in [-0.15, -0.1) is 0 Å². The molecule has 76 valence electrons. The standard InChI is InChI=1S/C13H12OSe/c1-11-7-9-13(10-8-11)15(14)12-5-3-2-4-6-12/h2-10H,1H3. The van der Waals surface area contributed by atoms with Crippen LogP contribution in [0.4, 0.5) is 0 Å². The van der Waals surface area contributed by atoms with E-state index in [1.165, 1.54) is 5.56 Å². The summed E-state index contributed by atoms with van der Waals surface area (Å²) in [5, 5.41) is 0. The molecule has 0 aromatic heterocycles. The zero-order chi connectivity index (χ0) is 10.7. The Morgan fingerprint density at radius 3 is 1.93 bits per heavy atom. The maximum absolute atomic E-state index is 12.2. The van der Waals surface area contributed by atoms with Gasteiger partial charge in [-0.25, -0.2) is 0 Å². The molecule has 1 unspecified atom stereocenters. The molecule has 0 aliphatic rings. The van der Waals surface area contributed by atoms with Crippen LogP contribution in [0.2, 0.25) is 0 Å². The summed E-state index contributed by atoms with van der Waals surface area (Å²) in [7, 11) is 0. The minimum atomic E-state index is -2.05. The van der Waals surface area contributed by atoms with E-state index in [1.807, 2.05) is 61.5 Å². The van der Waals surface area contributed by atoms with E-state index in [-0.39, 0.29) is 0 Å². The molecule has 0 aliphatic carbocycles. The van der Waals surface area contributed by atoms with Crippen molar-refractivity contribution in [2.24, 2.45) is 0 Å². The van der Waals surface area contributed by atoms with Crippen LogP contribution >= 0.6 is 0 Å². The molecule has 2 rings (SSSR count). The number of aryl methyl sites for hydroxylation is 1. The predicted octanol–water partition coefficient (Wildman–Crippen LogP) is 1.53. The van der Waals surface area contributed by atoms with Crippen molar-refractivity contribution < 1.29 is 3.83 Å². The molecular formula is C13H12OSe. The second kappa shape index (κ2) is 4.52. The number of hydrogen-bond acceptors (Lipinski definition) is 1. The summed E-state index contributed by atoms with van der Waals surface area (Å²) in [6, 6.07) is 17.6. The van der Waals surface area contributed by atoms with E-state index in [0.29, 0.717) is 0 Å². The Morgan fingerprint density at radius 1 is 0.800 bits per heavy atom. The normalized spacial score (nSPS) is 12.3.